The largest absolute Gasteiger partial charge is 0.468 e. The average Bonchev–Trinajstić information content (AvgIpc) is 2.32. The van der Waals surface area contributed by atoms with Gasteiger partial charge in [-0.25, -0.2) is 4.79 Å². The van der Waals surface area contributed by atoms with Gasteiger partial charge in [0.25, 0.3) is 0 Å². The number of hydrogen-bond donors (Lipinski definition) is 2. The first-order valence-electron chi connectivity index (χ1n) is 5.22. The first kappa shape index (κ1) is 13.0. The summed E-state index contributed by atoms with van der Waals surface area (Å²) < 4.78 is 4.41. The van der Waals surface area contributed by atoms with Gasteiger partial charge in [-0.3, -0.25) is 4.79 Å². The molecular formula is C12H16N2O3. The van der Waals surface area contributed by atoms with Crippen LogP contribution >= 0.6 is 0 Å². The molecule has 0 unspecified atom stereocenters. The fraction of sp³-hybridized carbons (Fsp3) is 0.333. The van der Waals surface area contributed by atoms with Gasteiger partial charge in [-0.2, -0.15) is 0 Å². The Hall–Kier alpha value is -2.04. The molecule has 2 amide bonds. The van der Waals surface area contributed by atoms with Crippen LogP contribution in [-0.2, 0) is 9.53 Å². The van der Waals surface area contributed by atoms with Crippen molar-refractivity contribution in [2.45, 2.75) is 13.8 Å². The predicted octanol–water partition coefficient (Wildman–Crippen LogP) is 1.60. The average molecular weight is 236 g/mol. The van der Waals surface area contributed by atoms with E-state index < -0.39 is 12.0 Å². The van der Waals surface area contributed by atoms with E-state index in [1.807, 2.05) is 26.0 Å². The molecule has 0 heterocycles. The van der Waals surface area contributed by atoms with E-state index in [-0.39, 0.29) is 6.54 Å². The van der Waals surface area contributed by atoms with E-state index >= 15 is 0 Å². The Labute approximate surface area is 100 Å². The number of aryl methyl sites for hydroxylation is 1. The lowest BCUT2D eigenvalue weighted by Crippen LogP contribution is -2.33. The Morgan fingerprint density at radius 3 is 2.65 bits per heavy atom. The van der Waals surface area contributed by atoms with Gasteiger partial charge in [-0.15, -0.1) is 0 Å². The highest BCUT2D eigenvalue weighted by atomic mass is 16.5. The van der Waals surface area contributed by atoms with E-state index in [4.69, 9.17) is 0 Å². The fourth-order valence-corrected chi connectivity index (χ4v) is 1.28. The van der Waals surface area contributed by atoms with Crippen LogP contribution in [0.2, 0.25) is 0 Å². The number of amides is 2. The molecule has 0 fully saturated rings. The minimum Gasteiger partial charge on any atom is -0.468 e. The Balaban J connectivity index is 2.56. The van der Waals surface area contributed by atoms with Gasteiger partial charge < -0.3 is 15.4 Å². The number of carbonyl (C=O) groups is 2. The molecule has 5 heteroatoms. The molecule has 0 bridgehead atoms. The van der Waals surface area contributed by atoms with Gasteiger partial charge in [-0.05, 0) is 31.0 Å². The van der Waals surface area contributed by atoms with Crippen molar-refractivity contribution in [2.75, 3.05) is 19.0 Å². The van der Waals surface area contributed by atoms with Crippen molar-refractivity contribution < 1.29 is 14.3 Å². The van der Waals surface area contributed by atoms with Crippen LogP contribution in [0.15, 0.2) is 18.2 Å². The van der Waals surface area contributed by atoms with Gasteiger partial charge >= 0.3 is 12.0 Å². The van der Waals surface area contributed by atoms with Gasteiger partial charge in [0.15, 0.2) is 0 Å². The van der Waals surface area contributed by atoms with Crippen molar-refractivity contribution in [3.8, 4) is 0 Å². The van der Waals surface area contributed by atoms with Crippen LogP contribution in [0.3, 0.4) is 0 Å². The maximum absolute atomic E-state index is 11.5. The Morgan fingerprint density at radius 1 is 1.29 bits per heavy atom. The summed E-state index contributed by atoms with van der Waals surface area (Å²) in [5, 5.41) is 5.08. The third-order valence-corrected chi connectivity index (χ3v) is 2.47. The molecule has 92 valence electrons. The first-order chi connectivity index (χ1) is 8.04. The van der Waals surface area contributed by atoms with Crippen molar-refractivity contribution in [1.29, 1.82) is 0 Å². The molecule has 0 aliphatic heterocycles. The number of anilines is 1. The monoisotopic (exact) mass is 236 g/mol. The summed E-state index contributed by atoms with van der Waals surface area (Å²) in [6.07, 6.45) is 0. The molecule has 0 radical (unpaired) electrons. The van der Waals surface area contributed by atoms with Gasteiger partial charge in [-0.1, -0.05) is 12.1 Å². The molecule has 1 aromatic carbocycles. The molecule has 0 aromatic heterocycles. The Morgan fingerprint density at radius 2 is 2.00 bits per heavy atom. The van der Waals surface area contributed by atoms with E-state index in [0.717, 1.165) is 16.8 Å². The van der Waals surface area contributed by atoms with Crippen LogP contribution in [0.1, 0.15) is 11.1 Å². The summed E-state index contributed by atoms with van der Waals surface area (Å²) in [6.45, 7) is 3.74. The molecular weight excluding hydrogens is 220 g/mol. The summed E-state index contributed by atoms with van der Waals surface area (Å²) >= 11 is 0. The lowest BCUT2D eigenvalue weighted by Gasteiger charge is -2.10. The van der Waals surface area contributed by atoms with Crippen LogP contribution in [0.5, 0.6) is 0 Å². The third-order valence-electron chi connectivity index (χ3n) is 2.47. The fourth-order valence-electron chi connectivity index (χ4n) is 1.28. The predicted molar refractivity (Wildman–Crippen MR) is 65.0 cm³/mol. The second-order valence-electron chi connectivity index (χ2n) is 3.63. The number of carbonyl (C=O) groups excluding carboxylic acids is 2. The minimum absolute atomic E-state index is 0.146. The van der Waals surface area contributed by atoms with Crippen LogP contribution in [-0.4, -0.2) is 25.7 Å². The summed E-state index contributed by atoms with van der Waals surface area (Å²) in [6, 6.07) is 5.20. The second-order valence-corrected chi connectivity index (χ2v) is 3.63. The molecule has 0 atom stereocenters. The van der Waals surface area contributed by atoms with Gasteiger partial charge in [0.1, 0.15) is 6.54 Å². The molecule has 2 N–H and O–H groups in total. The molecule has 1 aromatic rings. The van der Waals surface area contributed by atoms with Crippen LogP contribution in [0.4, 0.5) is 10.5 Å². The SMILES string of the molecule is COC(=O)CNC(=O)Nc1cccc(C)c1C. The molecule has 0 aliphatic rings. The molecule has 5 nitrogen and oxygen atoms in total. The molecule has 0 saturated heterocycles. The van der Waals surface area contributed by atoms with Crippen molar-refractivity contribution in [3.05, 3.63) is 29.3 Å². The topological polar surface area (TPSA) is 67.4 Å². The van der Waals surface area contributed by atoms with E-state index in [9.17, 15) is 9.59 Å². The van der Waals surface area contributed by atoms with E-state index in [1.165, 1.54) is 7.11 Å². The highest BCUT2D eigenvalue weighted by Gasteiger charge is 2.07. The molecule has 17 heavy (non-hydrogen) atoms. The number of rotatable bonds is 3. The molecule has 0 saturated carbocycles. The molecule has 0 spiro atoms. The number of ether oxygens (including phenoxy) is 1. The summed E-state index contributed by atoms with van der Waals surface area (Å²) in [7, 11) is 1.27. The lowest BCUT2D eigenvalue weighted by molar-refractivity contribution is -0.139. The summed E-state index contributed by atoms with van der Waals surface area (Å²) in [5.74, 6) is -0.485. The smallest absolute Gasteiger partial charge is 0.325 e. The zero-order valence-corrected chi connectivity index (χ0v) is 10.2. The molecule has 0 aliphatic carbocycles. The normalized spacial score (nSPS) is 9.59. The highest BCUT2D eigenvalue weighted by molar-refractivity contribution is 5.92. The number of esters is 1. The molecule has 1 rings (SSSR count). The first-order valence-corrected chi connectivity index (χ1v) is 5.22. The van der Waals surface area contributed by atoms with Gasteiger partial charge in [0.2, 0.25) is 0 Å². The second kappa shape index (κ2) is 5.89. The van der Waals surface area contributed by atoms with Gasteiger partial charge in [0, 0.05) is 5.69 Å². The van der Waals surface area contributed by atoms with E-state index in [2.05, 4.69) is 15.4 Å². The number of nitrogens with one attached hydrogen (secondary N) is 2. The minimum atomic E-state index is -0.485. The van der Waals surface area contributed by atoms with Crippen molar-refractivity contribution in [3.63, 3.8) is 0 Å². The summed E-state index contributed by atoms with van der Waals surface area (Å²) in [5.41, 5.74) is 2.82. The number of benzene rings is 1. The Bertz CT molecular complexity index is 430. The standard InChI is InChI=1S/C12H16N2O3/c1-8-5-4-6-10(9(8)2)14-12(16)13-7-11(15)17-3/h4-6H,7H2,1-3H3,(H2,13,14,16). The van der Waals surface area contributed by atoms with E-state index in [1.54, 1.807) is 6.07 Å². The van der Waals surface area contributed by atoms with Crippen molar-refractivity contribution in [1.82, 2.24) is 5.32 Å². The lowest BCUT2D eigenvalue weighted by atomic mass is 10.1. The third kappa shape index (κ3) is 3.79. The quantitative estimate of drug-likeness (QED) is 0.783. The maximum Gasteiger partial charge on any atom is 0.325 e. The van der Waals surface area contributed by atoms with E-state index in [0.29, 0.717) is 0 Å². The van der Waals surface area contributed by atoms with Gasteiger partial charge in [0.05, 0.1) is 7.11 Å². The zero-order chi connectivity index (χ0) is 12.8. The van der Waals surface area contributed by atoms with Crippen LogP contribution in [0.25, 0.3) is 0 Å². The Kier molecular flexibility index (Phi) is 4.51. The zero-order valence-electron chi connectivity index (χ0n) is 10.2. The van der Waals surface area contributed by atoms with Crippen molar-refractivity contribution in [2.24, 2.45) is 0 Å². The van der Waals surface area contributed by atoms with Crippen LogP contribution < -0.4 is 10.6 Å². The highest BCUT2D eigenvalue weighted by Crippen LogP contribution is 2.17. The van der Waals surface area contributed by atoms with Crippen LogP contribution in [0, 0.1) is 13.8 Å². The number of urea groups is 1. The van der Waals surface area contributed by atoms with Crippen molar-refractivity contribution >= 4 is 17.7 Å². The number of hydrogen-bond acceptors (Lipinski definition) is 3. The maximum atomic E-state index is 11.5. The summed E-state index contributed by atoms with van der Waals surface area (Å²) in [4.78, 5) is 22.3. The number of methoxy groups -OCH3 is 1.